The van der Waals surface area contributed by atoms with Crippen molar-refractivity contribution >= 4 is 6.09 Å². The first-order chi connectivity index (χ1) is 7.46. The third kappa shape index (κ3) is 2.67. The van der Waals surface area contributed by atoms with Gasteiger partial charge in [0.1, 0.15) is 5.60 Å². The van der Waals surface area contributed by atoms with E-state index < -0.39 is 5.60 Å². The molecule has 2 aliphatic rings. The molecule has 4 nitrogen and oxygen atoms in total. The van der Waals surface area contributed by atoms with Gasteiger partial charge in [-0.2, -0.15) is 0 Å². The van der Waals surface area contributed by atoms with E-state index in [9.17, 15) is 4.79 Å². The maximum atomic E-state index is 11.9. The van der Waals surface area contributed by atoms with Crippen LogP contribution in [0.4, 0.5) is 4.79 Å². The maximum absolute atomic E-state index is 11.9. The molecule has 92 valence electrons. The van der Waals surface area contributed by atoms with E-state index in [1.165, 1.54) is 12.8 Å². The van der Waals surface area contributed by atoms with E-state index in [0.29, 0.717) is 12.0 Å². The van der Waals surface area contributed by atoms with Crippen molar-refractivity contribution in [2.45, 2.75) is 45.3 Å². The smallest absolute Gasteiger partial charge is 0.410 e. The molecular weight excluding hydrogens is 204 g/mol. The molecule has 2 heterocycles. The van der Waals surface area contributed by atoms with Gasteiger partial charge in [0.25, 0.3) is 0 Å². The van der Waals surface area contributed by atoms with Gasteiger partial charge < -0.3 is 15.0 Å². The first-order valence-corrected chi connectivity index (χ1v) is 6.17. The number of carbonyl (C=O) groups is 1. The van der Waals surface area contributed by atoms with Crippen molar-refractivity contribution in [2.24, 2.45) is 5.92 Å². The van der Waals surface area contributed by atoms with Crippen LogP contribution in [0.15, 0.2) is 0 Å². The number of ether oxygens (including phenoxy) is 1. The highest BCUT2D eigenvalue weighted by Gasteiger charge is 2.37. The van der Waals surface area contributed by atoms with Crippen molar-refractivity contribution < 1.29 is 9.53 Å². The van der Waals surface area contributed by atoms with Crippen LogP contribution >= 0.6 is 0 Å². The van der Waals surface area contributed by atoms with Gasteiger partial charge in [-0.15, -0.1) is 0 Å². The molecule has 2 rings (SSSR count). The summed E-state index contributed by atoms with van der Waals surface area (Å²) in [6.45, 7) is 8.47. The van der Waals surface area contributed by atoms with Crippen LogP contribution < -0.4 is 5.32 Å². The van der Waals surface area contributed by atoms with Crippen LogP contribution in [0.5, 0.6) is 0 Å². The molecule has 2 fully saturated rings. The van der Waals surface area contributed by atoms with Crippen molar-refractivity contribution in [1.29, 1.82) is 0 Å². The van der Waals surface area contributed by atoms with Crippen molar-refractivity contribution in [2.75, 3.05) is 19.6 Å². The highest BCUT2D eigenvalue weighted by atomic mass is 16.6. The Hall–Kier alpha value is -0.770. The minimum atomic E-state index is -0.391. The summed E-state index contributed by atoms with van der Waals surface area (Å²) in [7, 11) is 0. The molecule has 1 amide bonds. The molecule has 0 spiro atoms. The van der Waals surface area contributed by atoms with Gasteiger partial charge in [0.2, 0.25) is 0 Å². The molecule has 0 saturated carbocycles. The largest absolute Gasteiger partial charge is 0.444 e. The quantitative estimate of drug-likeness (QED) is 0.682. The van der Waals surface area contributed by atoms with Crippen molar-refractivity contribution in [3.8, 4) is 0 Å². The third-order valence-corrected chi connectivity index (χ3v) is 3.25. The summed E-state index contributed by atoms with van der Waals surface area (Å²) in [5, 5.41) is 3.48. The van der Waals surface area contributed by atoms with E-state index >= 15 is 0 Å². The molecule has 4 heteroatoms. The Balaban J connectivity index is 1.90. The van der Waals surface area contributed by atoms with E-state index in [1.54, 1.807) is 0 Å². The zero-order chi connectivity index (χ0) is 11.8. The van der Waals surface area contributed by atoms with E-state index in [0.717, 1.165) is 19.6 Å². The first kappa shape index (κ1) is 11.7. The van der Waals surface area contributed by atoms with Crippen LogP contribution in [0.2, 0.25) is 0 Å². The first-order valence-electron chi connectivity index (χ1n) is 6.17. The highest BCUT2D eigenvalue weighted by Crippen LogP contribution is 2.26. The Kier molecular flexibility index (Phi) is 3.10. The van der Waals surface area contributed by atoms with Gasteiger partial charge in [-0.05, 0) is 46.1 Å². The molecule has 2 atom stereocenters. The lowest BCUT2D eigenvalue weighted by molar-refractivity contribution is 0.0286. The maximum Gasteiger partial charge on any atom is 0.410 e. The SMILES string of the molecule is CC(C)(C)OC(=O)N1C[C@@H]2CCCN[C@@H]2C1. The van der Waals surface area contributed by atoms with Crippen LogP contribution in [0.25, 0.3) is 0 Å². The van der Waals surface area contributed by atoms with Gasteiger partial charge in [0, 0.05) is 19.1 Å². The minimum absolute atomic E-state index is 0.163. The fourth-order valence-corrected chi connectivity index (χ4v) is 2.52. The van der Waals surface area contributed by atoms with Crippen LogP contribution in [0.1, 0.15) is 33.6 Å². The number of fused-ring (bicyclic) bond motifs is 1. The second kappa shape index (κ2) is 4.24. The summed E-state index contributed by atoms with van der Waals surface area (Å²) in [6.07, 6.45) is 2.30. The van der Waals surface area contributed by atoms with Crippen molar-refractivity contribution in [3.63, 3.8) is 0 Å². The lowest BCUT2D eigenvalue weighted by atomic mass is 9.94. The number of hydrogen-bond donors (Lipinski definition) is 1. The summed E-state index contributed by atoms with van der Waals surface area (Å²) in [4.78, 5) is 13.7. The molecule has 0 unspecified atom stereocenters. The molecule has 0 bridgehead atoms. The Labute approximate surface area is 97.3 Å². The topological polar surface area (TPSA) is 41.6 Å². The summed E-state index contributed by atoms with van der Waals surface area (Å²) >= 11 is 0. The standard InChI is InChI=1S/C12H22N2O2/c1-12(2,3)16-11(15)14-7-9-5-4-6-13-10(9)8-14/h9-10,13H,4-8H2,1-3H3/t9-,10+/m0/s1. The van der Waals surface area contributed by atoms with E-state index in [-0.39, 0.29) is 6.09 Å². The second-order valence-electron chi connectivity index (χ2n) is 5.85. The number of piperidine rings is 1. The zero-order valence-electron chi connectivity index (χ0n) is 10.5. The Morgan fingerprint density at radius 1 is 1.38 bits per heavy atom. The molecule has 2 saturated heterocycles. The van der Waals surface area contributed by atoms with Gasteiger partial charge in [0.05, 0.1) is 0 Å². The van der Waals surface area contributed by atoms with Crippen LogP contribution in [0.3, 0.4) is 0 Å². The Bertz CT molecular complexity index is 259. The van der Waals surface area contributed by atoms with E-state index in [4.69, 9.17) is 4.74 Å². The van der Waals surface area contributed by atoms with Crippen molar-refractivity contribution in [3.05, 3.63) is 0 Å². The van der Waals surface area contributed by atoms with E-state index in [2.05, 4.69) is 5.32 Å². The second-order valence-corrected chi connectivity index (χ2v) is 5.85. The minimum Gasteiger partial charge on any atom is -0.444 e. The normalized spacial score (nSPS) is 30.1. The van der Waals surface area contributed by atoms with Gasteiger partial charge in [0.15, 0.2) is 0 Å². The number of nitrogens with one attached hydrogen (secondary N) is 1. The number of hydrogen-bond acceptors (Lipinski definition) is 3. The summed E-state index contributed by atoms with van der Waals surface area (Å²) in [5.41, 5.74) is -0.391. The van der Waals surface area contributed by atoms with Gasteiger partial charge in [-0.25, -0.2) is 4.79 Å². The predicted molar refractivity (Wildman–Crippen MR) is 62.3 cm³/mol. The Morgan fingerprint density at radius 3 is 2.75 bits per heavy atom. The Morgan fingerprint density at radius 2 is 2.12 bits per heavy atom. The average molecular weight is 226 g/mol. The average Bonchev–Trinajstić information content (AvgIpc) is 2.58. The fraction of sp³-hybridized carbons (Fsp3) is 0.917. The summed E-state index contributed by atoms with van der Waals surface area (Å²) in [5.74, 6) is 0.626. The van der Waals surface area contributed by atoms with Crippen LogP contribution in [-0.2, 0) is 4.74 Å². The molecule has 0 aromatic carbocycles. The van der Waals surface area contributed by atoms with Crippen LogP contribution in [-0.4, -0.2) is 42.3 Å². The van der Waals surface area contributed by atoms with Crippen molar-refractivity contribution in [1.82, 2.24) is 10.2 Å². The van der Waals surface area contributed by atoms with Crippen LogP contribution in [0, 0.1) is 5.92 Å². The molecule has 0 aromatic rings. The number of nitrogens with zero attached hydrogens (tertiary/aromatic N) is 1. The van der Waals surface area contributed by atoms with E-state index in [1.807, 2.05) is 25.7 Å². The molecule has 1 N–H and O–H groups in total. The monoisotopic (exact) mass is 226 g/mol. The molecule has 16 heavy (non-hydrogen) atoms. The van der Waals surface area contributed by atoms with Gasteiger partial charge in [-0.3, -0.25) is 0 Å². The number of rotatable bonds is 0. The predicted octanol–water partition coefficient (Wildman–Crippen LogP) is 1.61. The fourth-order valence-electron chi connectivity index (χ4n) is 2.52. The molecule has 0 aliphatic carbocycles. The molecular formula is C12H22N2O2. The summed E-state index contributed by atoms with van der Waals surface area (Å²) in [6, 6.07) is 0.487. The zero-order valence-corrected chi connectivity index (χ0v) is 10.5. The number of carbonyl (C=O) groups excluding carboxylic acids is 1. The van der Waals surface area contributed by atoms with Gasteiger partial charge in [-0.1, -0.05) is 0 Å². The number of amides is 1. The lowest BCUT2D eigenvalue weighted by Gasteiger charge is -2.24. The highest BCUT2D eigenvalue weighted by molar-refractivity contribution is 5.68. The molecule has 0 aromatic heterocycles. The molecule has 0 radical (unpaired) electrons. The lowest BCUT2D eigenvalue weighted by Crippen LogP contribution is -2.41. The number of likely N-dealkylation sites (tertiary alicyclic amines) is 1. The molecule has 2 aliphatic heterocycles. The summed E-state index contributed by atoms with van der Waals surface area (Å²) < 4.78 is 5.39. The van der Waals surface area contributed by atoms with Gasteiger partial charge >= 0.3 is 6.09 Å². The third-order valence-electron chi connectivity index (χ3n) is 3.25.